The number of nitrogens with zero attached hydrogens (tertiary/aromatic N) is 5. The summed E-state index contributed by atoms with van der Waals surface area (Å²) in [6.45, 7) is 11.6. The topological polar surface area (TPSA) is 93.5 Å². The van der Waals surface area contributed by atoms with E-state index >= 15 is 0 Å². The lowest BCUT2D eigenvalue weighted by atomic mass is 10.1. The maximum atomic E-state index is 5.92. The molecule has 0 bridgehead atoms. The van der Waals surface area contributed by atoms with Crippen molar-refractivity contribution in [2.75, 3.05) is 11.9 Å². The highest BCUT2D eigenvalue weighted by atomic mass is 16.5. The Hall–Kier alpha value is -3.00. The van der Waals surface area contributed by atoms with E-state index in [4.69, 9.17) is 4.74 Å². The van der Waals surface area contributed by atoms with Crippen LogP contribution in [0.25, 0.3) is 11.0 Å². The van der Waals surface area contributed by atoms with E-state index in [-0.39, 0.29) is 17.6 Å². The lowest BCUT2D eigenvalue weighted by Crippen LogP contribution is -2.26. The smallest absolute Gasteiger partial charge is 0.177 e. The first kappa shape index (κ1) is 21.7. The molecule has 0 saturated carbocycles. The van der Waals surface area contributed by atoms with Crippen LogP contribution in [0.1, 0.15) is 46.5 Å². The number of fused-ring (bicyclic) bond motifs is 1. The van der Waals surface area contributed by atoms with Gasteiger partial charge in [-0.1, -0.05) is 31.2 Å². The van der Waals surface area contributed by atoms with E-state index in [1.807, 2.05) is 48.0 Å². The molecule has 0 spiro atoms. The number of benzene rings is 1. The monoisotopic (exact) mass is 409 g/mol. The summed E-state index contributed by atoms with van der Waals surface area (Å²) in [7, 11) is 0. The molecule has 2 aromatic heterocycles. The summed E-state index contributed by atoms with van der Waals surface area (Å²) >= 11 is 0. The summed E-state index contributed by atoms with van der Waals surface area (Å²) in [5, 5.41) is 16.0. The molecule has 30 heavy (non-hydrogen) atoms. The second-order valence-electron chi connectivity index (χ2n) is 8.41. The van der Waals surface area contributed by atoms with Crippen LogP contribution in [-0.4, -0.2) is 42.4 Å². The van der Waals surface area contributed by atoms with Gasteiger partial charge in [0.05, 0.1) is 29.6 Å². The number of hydrogen-bond acceptors (Lipinski definition) is 6. The maximum Gasteiger partial charge on any atom is 0.177 e. The van der Waals surface area contributed by atoms with Gasteiger partial charge in [0.25, 0.3) is 0 Å². The van der Waals surface area contributed by atoms with Gasteiger partial charge in [-0.25, -0.2) is 9.67 Å². The molecule has 2 heterocycles. The quantitative estimate of drug-likeness (QED) is 0.512. The summed E-state index contributed by atoms with van der Waals surface area (Å²) in [5.74, 6) is 1.02. The summed E-state index contributed by atoms with van der Waals surface area (Å²) in [6.07, 6.45) is 9.71. The zero-order chi connectivity index (χ0) is 21.6. The summed E-state index contributed by atoms with van der Waals surface area (Å²) in [6, 6.07) is 5.84. The number of imidazole rings is 1. The predicted molar refractivity (Wildman–Crippen MR) is 119 cm³/mol. The molecule has 0 radical (unpaired) electrons. The first-order chi connectivity index (χ1) is 14.4. The molecule has 0 amide bonds. The van der Waals surface area contributed by atoms with Crippen molar-refractivity contribution < 1.29 is 4.74 Å². The van der Waals surface area contributed by atoms with Crippen LogP contribution in [0.4, 0.5) is 5.69 Å². The Bertz CT molecular complexity index is 996. The molecule has 0 aliphatic heterocycles. The first-order valence-corrected chi connectivity index (χ1v) is 10.2. The van der Waals surface area contributed by atoms with E-state index in [2.05, 4.69) is 64.6 Å². The fourth-order valence-corrected chi connectivity index (χ4v) is 2.99. The molecule has 1 aromatic carbocycles. The van der Waals surface area contributed by atoms with Crippen LogP contribution >= 0.6 is 0 Å². The number of ether oxygens (including phenoxy) is 1. The average Bonchev–Trinajstić information content (AvgIpc) is 3.34. The molecule has 2 unspecified atom stereocenters. The molecule has 3 rings (SSSR count). The molecule has 0 fully saturated rings. The van der Waals surface area contributed by atoms with Gasteiger partial charge in [-0.2, -0.15) is 0 Å². The molecular weight excluding hydrogens is 378 g/mol. The van der Waals surface area contributed by atoms with Gasteiger partial charge in [-0.15, -0.1) is 5.10 Å². The van der Waals surface area contributed by atoms with Gasteiger partial charge in [0.1, 0.15) is 6.04 Å². The van der Waals surface area contributed by atoms with Crippen molar-refractivity contribution in [1.82, 2.24) is 30.2 Å². The Kier molecular flexibility index (Phi) is 6.99. The number of H-pyrrole nitrogens is 1. The lowest BCUT2D eigenvalue weighted by Gasteiger charge is -2.23. The normalized spacial score (nSPS) is 14.7. The molecule has 3 aromatic rings. The number of rotatable bonds is 9. The molecular formula is C22H31N7O. The largest absolute Gasteiger partial charge is 0.376 e. The number of aromatic amines is 1. The zero-order valence-corrected chi connectivity index (χ0v) is 18.3. The third-order valence-electron chi connectivity index (χ3n) is 4.47. The minimum absolute atomic E-state index is 0.164. The van der Waals surface area contributed by atoms with Crippen molar-refractivity contribution >= 4 is 16.7 Å². The highest BCUT2D eigenvalue weighted by Crippen LogP contribution is 2.23. The Morgan fingerprint density at radius 3 is 2.87 bits per heavy atom. The average molecular weight is 410 g/mol. The van der Waals surface area contributed by atoms with E-state index in [1.54, 1.807) is 6.33 Å². The molecule has 2 atom stereocenters. The highest BCUT2D eigenvalue weighted by molar-refractivity contribution is 5.78. The third-order valence-corrected chi connectivity index (χ3v) is 4.47. The van der Waals surface area contributed by atoms with Gasteiger partial charge in [-0.05, 0) is 62.2 Å². The molecule has 0 aliphatic carbocycles. The second-order valence-corrected chi connectivity index (χ2v) is 8.41. The van der Waals surface area contributed by atoms with Crippen LogP contribution in [0.2, 0.25) is 0 Å². The van der Waals surface area contributed by atoms with Crippen molar-refractivity contribution in [3.8, 4) is 0 Å². The molecule has 0 aliphatic rings. The summed E-state index contributed by atoms with van der Waals surface area (Å²) in [4.78, 5) is 7.42. The van der Waals surface area contributed by atoms with Crippen molar-refractivity contribution in [2.45, 2.75) is 52.8 Å². The molecule has 8 heteroatoms. The number of anilines is 1. The lowest BCUT2D eigenvalue weighted by molar-refractivity contribution is -0.0224. The number of nitrogens with one attached hydrogen (secondary N) is 2. The second kappa shape index (κ2) is 9.67. The summed E-state index contributed by atoms with van der Waals surface area (Å²) < 4.78 is 7.77. The van der Waals surface area contributed by atoms with Crippen LogP contribution < -0.4 is 5.32 Å². The fourth-order valence-electron chi connectivity index (χ4n) is 2.99. The van der Waals surface area contributed by atoms with Gasteiger partial charge in [0.15, 0.2) is 5.82 Å². The Balaban J connectivity index is 1.79. The fraction of sp³-hybridized carbons (Fsp3) is 0.455. The van der Waals surface area contributed by atoms with E-state index in [0.717, 1.165) is 22.5 Å². The standard InChI is InChI=1S/C22H31N7O/c1-6-7-8-9-19(25-17-10-11-18-20(12-17)24-15-23-18)21-26-27-28-29(21)13-16(2)14-30-22(3,4)5/h6-12,15-16,19,25H,13-14H2,1-5H3,(H,23,24)/b7-6+,9-8+. The van der Waals surface area contributed by atoms with Gasteiger partial charge in [0.2, 0.25) is 0 Å². The molecule has 2 N–H and O–H groups in total. The summed E-state index contributed by atoms with van der Waals surface area (Å²) in [5.41, 5.74) is 2.70. The van der Waals surface area contributed by atoms with Gasteiger partial charge < -0.3 is 15.0 Å². The first-order valence-electron chi connectivity index (χ1n) is 10.2. The van der Waals surface area contributed by atoms with Crippen LogP contribution in [0.5, 0.6) is 0 Å². The van der Waals surface area contributed by atoms with Gasteiger partial charge >= 0.3 is 0 Å². The minimum Gasteiger partial charge on any atom is -0.376 e. The Morgan fingerprint density at radius 1 is 1.27 bits per heavy atom. The third kappa shape index (κ3) is 6.00. The molecule has 8 nitrogen and oxygen atoms in total. The van der Waals surface area contributed by atoms with Crippen molar-refractivity contribution in [1.29, 1.82) is 0 Å². The Morgan fingerprint density at radius 2 is 2.10 bits per heavy atom. The van der Waals surface area contributed by atoms with E-state index < -0.39 is 0 Å². The van der Waals surface area contributed by atoms with Gasteiger partial charge in [-0.3, -0.25) is 0 Å². The van der Waals surface area contributed by atoms with E-state index in [1.165, 1.54) is 0 Å². The number of tetrazole rings is 1. The predicted octanol–water partition coefficient (Wildman–Crippen LogP) is 4.29. The number of hydrogen-bond donors (Lipinski definition) is 2. The number of aromatic nitrogens is 6. The van der Waals surface area contributed by atoms with Crippen LogP contribution in [0.3, 0.4) is 0 Å². The molecule has 0 saturated heterocycles. The maximum absolute atomic E-state index is 5.92. The van der Waals surface area contributed by atoms with Crippen molar-refractivity contribution in [3.05, 3.63) is 54.7 Å². The van der Waals surface area contributed by atoms with Crippen LogP contribution in [-0.2, 0) is 11.3 Å². The highest BCUT2D eigenvalue weighted by Gasteiger charge is 2.20. The van der Waals surface area contributed by atoms with Crippen molar-refractivity contribution in [2.24, 2.45) is 5.92 Å². The zero-order valence-electron chi connectivity index (χ0n) is 18.3. The SMILES string of the molecule is C/C=C/C=C/C(Nc1ccc2nc[nH]c2c1)c1nnnn1CC(C)COC(C)(C)C. The number of allylic oxidation sites excluding steroid dienone is 3. The van der Waals surface area contributed by atoms with Crippen molar-refractivity contribution in [3.63, 3.8) is 0 Å². The minimum atomic E-state index is -0.188. The molecule has 160 valence electrons. The van der Waals surface area contributed by atoms with Gasteiger partial charge in [0, 0.05) is 12.2 Å². The van der Waals surface area contributed by atoms with E-state index in [0.29, 0.717) is 13.2 Å². The Labute approximate surface area is 177 Å². The van der Waals surface area contributed by atoms with Crippen LogP contribution in [0.15, 0.2) is 48.8 Å². The van der Waals surface area contributed by atoms with Crippen LogP contribution in [0, 0.1) is 5.92 Å². The van der Waals surface area contributed by atoms with E-state index in [9.17, 15) is 0 Å².